The highest BCUT2D eigenvalue weighted by Gasteiger charge is 2.16. The molecule has 0 radical (unpaired) electrons. The zero-order chi connectivity index (χ0) is 20.1. The van der Waals surface area contributed by atoms with Crippen molar-refractivity contribution in [3.63, 3.8) is 0 Å². The minimum Gasteiger partial charge on any atom is -0.490 e. The van der Waals surface area contributed by atoms with Gasteiger partial charge >= 0.3 is 0 Å². The van der Waals surface area contributed by atoms with Crippen LogP contribution in [0.2, 0.25) is 5.02 Å². The van der Waals surface area contributed by atoms with Crippen molar-refractivity contribution in [3.8, 4) is 11.4 Å². The number of carbonyl (C=O) groups is 1. The van der Waals surface area contributed by atoms with Crippen LogP contribution in [-0.4, -0.2) is 36.0 Å². The van der Waals surface area contributed by atoms with Crippen molar-refractivity contribution in [2.75, 3.05) is 20.2 Å². The average molecular weight is 398 g/mol. The van der Waals surface area contributed by atoms with Crippen LogP contribution in [0.5, 0.6) is 5.75 Å². The van der Waals surface area contributed by atoms with E-state index in [2.05, 4.69) is 34.6 Å². The second-order valence-corrected chi connectivity index (χ2v) is 7.03. The van der Waals surface area contributed by atoms with Gasteiger partial charge in [-0.25, -0.2) is 4.98 Å². The number of aromatic nitrogens is 2. The lowest BCUT2D eigenvalue weighted by molar-refractivity contribution is 0.111. The van der Waals surface area contributed by atoms with Gasteiger partial charge in [0, 0.05) is 24.6 Å². The molecule has 0 atom stereocenters. The van der Waals surface area contributed by atoms with Crippen LogP contribution in [-0.2, 0) is 6.42 Å². The number of carbonyl (C=O) groups excluding carboxylic acids is 1. The zero-order valence-electron chi connectivity index (χ0n) is 16.3. The molecule has 1 aromatic heterocycles. The van der Waals surface area contributed by atoms with Crippen molar-refractivity contribution < 1.29 is 9.53 Å². The molecule has 0 amide bonds. The van der Waals surface area contributed by atoms with Crippen LogP contribution in [0, 0.1) is 13.8 Å². The molecule has 1 heterocycles. The number of benzene rings is 2. The SMILES string of the molecule is CNCCOc1c(C=O)cc(Cc2ccc(-n3ccnc3C)cc2)c(C)c1Cl. The summed E-state index contributed by atoms with van der Waals surface area (Å²) in [5.41, 5.74) is 4.63. The predicted molar refractivity (Wildman–Crippen MR) is 112 cm³/mol. The van der Waals surface area contributed by atoms with Gasteiger partial charge in [-0.3, -0.25) is 4.79 Å². The van der Waals surface area contributed by atoms with Crippen LogP contribution in [0.15, 0.2) is 42.7 Å². The minimum atomic E-state index is 0.449. The average Bonchev–Trinajstić information content (AvgIpc) is 3.13. The summed E-state index contributed by atoms with van der Waals surface area (Å²) >= 11 is 6.52. The highest BCUT2D eigenvalue weighted by molar-refractivity contribution is 6.33. The monoisotopic (exact) mass is 397 g/mol. The molecule has 2 aromatic carbocycles. The normalized spacial score (nSPS) is 10.9. The summed E-state index contributed by atoms with van der Waals surface area (Å²) in [5, 5.41) is 3.51. The van der Waals surface area contributed by atoms with Crippen LogP contribution in [0.25, 0.3) is 5.69 Å². The van der Waals surface area contributed by atoms with Crippen molar-refractivity contribution in [1.29, 1.82) is 0 Å². The van der Waals surface area contributed by atoms with E-state index in [1.807, 2.05) is 37.7 Å². The van der Waals surface area contributed by atoms with E-state index in [4.69, 9.17) is 16.3 Å². The van der Waals surface area contributed by atoms with Gasteiger partial charge in [-0.1, -0.05) is 23.7 Å². The Hall–Kier alpha value is -2.63. The molecule has 28 heavy (non-hydrogen) atoms. The van der Waals surface area contributed by atoms with Gasteiger partial charge in [0.1, 0.15) is 18.2 Å². The number of aldehydes is 1. The fourth-order valence-corrected chi connectivity index (χ4v) is 3.40. The maximum atomic E-state index is 11.6. The maximum Gasteiger partial charge on any atom is 0.153 e. The Bertz CT molecular complexity index is 965. The fraction of sp³-hybridized carbons (Fsp3) is 0.273. The van der Waals surface area contributed by atoms with Gasteiger partial charge in [0.05, 0.1) is 10.6 Å². The molecule has 0 saturated heterocycles. The molecule has 0 saturated carbocycles. The molecule has 0 fully saturated rings. The van der Waals surface area contributed by atoms with E-state index in [-0.39, 0.29) is 0 Å². The van der Waals surface area contributed by atoms with Gasteiger partial charge in [0.25, 0.3) is 0 Å². The Morgan fingerprint density at radius 3 is 2.61 bits per heavy atom. The summed E-state index contributed by atoms with van der Waals surface area (Å²) in [6.07, 6.45) is 5.22. The summed E-state index contributed by atoms with van der Waals surface area (Å²) in [7, 11) is 1.85. The summed E-state index contributed by atoms with van der Waals surface area (Å²) in [6, 6.07) is 10.2. The topological polar surface area (TPSA) is 56.1 Å². The van der Waals surface area contributed by atoms with Crippen LogP contribution in [0.4, 0.5) is 0 Å². The molecule has 0 unspecified atom stereocenters. The van der Waals surface area contributed by atoms with Crippen molar-refractivity contribution in [3.05, 3.63) is 75.8 Å². The van der Waals surface area contributed by atoms with Crippen LogP contribution < -0.4 is 10.1 Å². The predicted octanol–water partition coefficient (Wildman–Crippen LogP) is 4.14. The first-order valence-corrected chi connectivity index (χ1v) is 9.56. The lowest BCUT2D eigenvalue weighted by Gasteiger charge is -2.16. The third kappa shape index (κ3) is 4.26. The third-order valence-corrected chi connectivity index (χ3v) is 5.22. The molecule has 0 aliphatic carbocycles. The van der Waals surface area contributed by atoms with Gasteiger partial charge < -0.3 is 14.6 Å². The number of nitrogens with one attached hydrogen (secondary N) is 1. The minimum absolute atomic E-state index is 0.449. The lowest BCUT2D eigenvalue weighted by Crippen LogP contribution is -2.17. The van der Waals surface area contributed by atoms with Gasteiger partial charge in [-0.2, -0.15) is 0 Å². The largest absolute Gasteiger partial charge is 0.490 e. The molecule has 6 heteroatoms. The van der Waals surface area contributed by atoms with Gasteiger partial charge in [0.15, 0.2) is 6.29 Å². The lowest BCUT2D eigenvalue weighted by atomic mass is 9.97. The molecule has 3 rings (SSSR count). The Morgan fingerprint density at radius 1 is 1.25 bits per heavy atom. The van der Waals surface area contributed by atoms with Crippen molar-refractivity contribution in [2.24, 2.45) is 0 Å². The summed E-state index contributed by atoms with van der Waals surface area (Å²) in [5.74, 6) is 1.40. The number of imidazole rings is 1. The third-order valence-electron chi connectivity index (χ3n) is 4.76. The Kier molecular flexibility index (Phi) is 6.49. The van der Waals surface area contributed by atoms with Crippen LogP contribution in [0.3, 0.4) is 0 Å². The van der Waals surface area contributed by atoms with E-state index in [1.54, 1.807) is 6.20 Å². The quantitative estimate of drug-likeness (QED) is 0.458. The Labute approximate surface area is 170 Å². The number of hydrogen-bond donors (Lipinski definition) is 1. The molecular weight excluding hydrogens is 374 g/mol. The molecule has 146 valence electrons. The molecule has 0 aliphatic rings. The molecule has 0 spiro atoms. The Morgan fingerprint density at radius 2 is 2.00 bits per heavy atom. The number of aryl methyl sites for hydroxylation is 1. The molecule has 0 bridgehead atoms. The molecule has 0 aliphatic heterocycles. The van der Waals surface area contributed by atoms with Crippen molar-refractivity contribution in [1.82, 2.24) is 14.9 Å². The van der Waals surface area contributed by atoms with E-state index in [9.17, 15) is 4.79 Å². The number of ether oxygens (including phenoxy) is 1. The fourth-order valence-electron chi connectivity index (χ4n) is 3.12. The van der Waals surface area contributed by atoms with Gasteiger partial charge in [-0.15, -0.1) is 0 Å². The smallest absolute Gasteiger partial charge is 0.153 e. The van der Waals surface area contributed by atoms with E-state index in [0.29, 0.717) is 35.9 Å². The van der Waals surface area contributed by atoms with E-state index in [0.717, 1.165) is 34.5 Å². The number of halogens is 1. The van der Waals surface area contributed by atoms with E-state index in [1.165, 1.54) is 0 Å². The first kappa shape index (κ1) is 20.1. The molecule has 1 N–H and O–H groups in total. The highest BCUT2D eigenvalue weighted by atomic mass is 35.5. The molecule has 5 nitrogen and oxygen atoms in total. The standard InChI is InChI=1S/C22H24ClN3O2/c1-15-18(13-19(14-27)22(21(15)23)28-11-9-24-3)12-17-4-6-20(7-5-17)26-10-8-25-16(26)2/h4-8,10,13-14,24H,9,11-12H2,1-3H3. The first-order valence-electron chi connectivity index (χ1n) is 9.19. The zero-order valence-corrected chi connectivity index (χ0v) is 17.1. The summed E-state index contributed by atoms with van der Waals surface area (Å²) in [4.78, 5) is 15.8. The highest BCUT2D eigenvalue weighted by Crippen LogP contribution is 2.34. The summed E-state index contributed by atoms with van der Waals surface area (Å²) < 4.78 is 7.75. The van der Waals surface area contributed by atoms with Gasteiger partial charge in [0.2, 0.25) is 0 Å². The Balaban J connectivity index is 1.85. The number of rotatable bonds is 8. The van der Waals surface area contributed by atoms with Crippen LogP contribution in [0.1, 0.15) is 32.9 Å². The van der Waals surface area contributed by atoms with E-state index < -0.39 is 0 Å². The second-order valence-electron chi connectivity index (χ2n) is 6.65. The van der Waals surface area contributed by atoms with E-state index >= 15 is 0 Å². The number of hydrogen-bond acceptors (Lipinski definition) is 4. The molecular formula is C22H24ClN3O2. The maximum absolute atomic E-state index is 11.6. The second kappa shape index (κ2) is 9.04. The van der Waals surface area contributed by atoms with Crippen LogP contribution >= 0.6 is 11.6 Å². The van der Waals surface area contributed by atoms with Crippen molar-refractivity contribution >= 4 is 17.9 Å². The number of likely N-dealkylation sites (N-methyl/N-ethyl adjacent to an activating group) is 1. The molecule has 3 aromatic rings. The number of nitrogens with zero attached hydrogens (tertiary/aromatic N) is 2. The first-order chi connectivity index (χ1) is 13.5. The van der Waals surface area contributed by atoms with Gasteiger partial charge in [-0.05, 0) is 62.2 Å². The van der Waals surface area contributed by atoms with Crippen molar-refractivity contribution in [2.45, 2.75) is 20.3 Å². The summed E-state index contributed by atoms with van der Waals surface area (Å²) in [6.45, 7) is 5.06.